The van der Waals surface area contributed by atoms with Gasteiger partial charge in [0.05, 0.1) is 12.7 Å². The van der Waals surface area contributed by atoms with Gasteiger partial charge in [-0.2, -0.15) is 0 Å². The molecule has 2 aromatic heterocycles. The first-order valence-corrected chi connectivity index (χ1v) is 4.05. The Morgan fingerprint density at radius 2 is 2.29 bits per heavy atom. The summed E-state index contributed by atoms with van der Waals surface area (Å²) >= 11 is 0. The molecular formula is C8H8F2N4. The Bertz CT molecular complexity index is 466. The second kappa shape index (κ2) is 3.21. The van der Waals surface area contributed by atoms with E-state index in [1.807, 2.05) is 0 Å². The van der Waals surface area contributed by atoms with Gasteiger partial charge < -0.3 is 5.73 Å². The number of fused-ring (bicyclic) bond motifs is 1. The van der Waals surface area contributed by atoms with E-state index in [0.717, 1.165) is 6.20 Å². The van der Waals surface area contributed by atoms with Crippen LogP contribution in [0.2, 0.25) is 0 Å². The van der Waals surface area contributed by atoms with Gasteiger partial charge in [-0.3, -0.25) is 4.57 Å². The van der Waals surface area contributed by atoms with Crippen LogP contribution < -0.4 is 5.73 Å². The van der Waals surface area contributed by atoms with Gasteiger partial charge in [0.25, 0.3) is 0 Å². The Kier molecular flexibility index (Phi) is 2.03. The minimum atomic E-state index is -0.561. The first-order chi connectivity index (χ1) is 6.72. The molecule has 2 N–H and O–H groups in total. The molecule has 74 valence electrons. The van der Waals surface area contributed by atoms with E-state index in [-0.39, 0.29) is 12.5 Å². The van der Waals surface area contributed by atoms with Crippen LogP contribution in [0.4, 0.5) is 14.7 Å². The zero-order valence-electron chi connectivity index (χ0n) is 7.24. The number of aromatic nitrogens is 3. The van der Waals surface area contributed by atoms with Crippen molar-refractivity contribution in [2.75, 3.05) is 12.4 Å². The Hall–Kier alpha value is -1.72. The van der Waals surface area contributed by atoms with Crippen molar-refractivity contribution in [1.82, 2.24) is 14.5 Å². The quantitative estimate of drug-likeness (QED) is 0.786. The molecule has 4 nitrogen and oxygen atoms in total. The highest BCUT2D eigenvalue weighted by Crippen LogP contribution is 2.15. The lowest BCUT2D eigenvalue weighted by atomic mass is 10.4. The van der Waals surface area contributed by atoms with Crippen LogP contribution in [0.25, 0.3) is 11.2 Å². The van der Waals surface area contributed by atoms with Crippen LogP contribution in [0.15, 0.2) is 12.3 Å². The Labute approximate surface area is 78.4 Å². The van der Waals surface area contributed by atoms with Gasteiger partial charge in [-0.15, -0.1) is 0 Å². The molecule has 0 unspecified atom stereocenters. The number of pyridine rings is 1. The molecule has 0 atom stereocenters. The predicted molar refractivity (Wildman–Crippen MR) is 47.9 cm³/mol. The van der Waals surface area contributed by atoms with Crippen LogP contribution in [-0.4, -0.2) is 21.2 Å². The van der Waals surface area contributed by atoms with E-state index in [1.165, 1.54) is 10.6 Å². The van der Waals surface area contributed by atoms with E-state index < -0.39 is 12.5 Å². The first-order valence-electron chi connectivity index (χ1n) is 4.05. The van der Waals surface area contributed by atoms with Gasteiger partial charge in [0.15, 0.2) is 5.65 Å². The van der Waals surface area contributed by atoms with E-state index >= 15 is 0 Å². The number of imidazole rings is 1. The van der Waals surface area contributed by atoms with Crippen molar-refractivity contribution in [2.24, 2.45) is 0 Å². The van der Waals surface area contributed by atoms with Gasteiger partial charge in [0.2, 0.25) is 5.95 Å². The summed E-state index contributed by atoms with van der Waals surface area (Å²) < 4.78 is 26.3. The van der Waals surface area contributed by atoms with Crippen LogP contribution in [0, 0.1) is 5.82 Å². The predicted octanol–water partition coefficient (Wildman–Crippen LogP) is 1.12. The van der Waals surface area contributed by atoms with Crippen molar-refractivity contribution in [3.05, 3.63) is 18.1 Å². The average Bonchev–Trinajstić information content (AvgIpc) is 2.43. The zero-order chi connectivity index (χ0) is 10.1. The number of hydrogen-bond acceptors (Lipinski definition) is 3. The highest BCUT2D eigenvalue weighted by atomic mass is 19.1. The molecule has 0 aromatic carbocycles. The highest BCUT2D eigenvalue weighted by molar-refractivity contribution is 5.73. The van der Waals surface area contributed by atoms with Crippen LogP contribution in [0.5, 0.6) is 0 Å². The minimum absolute atomic E-state index is 0.0843. The monoisotopic (exact) mass is 198 g/mol. The molecule has 0 saturated carbocycles. The Morgan fingerprint density at radius 1 is 1.50 bits per heavy atom. The van der Waals surface area contributed by atoms with E-state index in [0.29, 0.717) is 11.2 Å². The largest absolute Gasteiger partial charge is 0.369 e. The van der Waals surface area contributed by atoms with Gasteiger partial charge in [0, 0.05) is 6.07 Å². The second-order valence-electron chi connectivity index (χ2n) is 2.81. The van der Waals surface area contributed by atoms with Crippen LogP contribution in [0.3, 0.4) is 0 Å². The van der Waals surface area contributed by atoms with Crippen molar-refractivity contribution in [1.29, 1.82) is 0 Å². The lowest BCUT2D eigenvalue weighted by molar-refractivity contribution is 0.451. The number of nitrogens with zero attached hydrogens (tertiary/aromatic N) is 3. The smallest absolute Gasteiger partial charge is 0.202 e. The molecule has 2 aromatic rings. The van der Waals surface area contributed by atoms with Gasteiger partial charge in [0.1, 0.15) is 18.0 Å². The molecule has 0 aliphatic heterocycles. The fourth-order valence-electron chi connectivity index (χ4n) is 1.31. The molecule has 14 heavy (non-hydrogen) atoms. The number of aryl methyl sites for hydroxylation is 1. The summed E-state index contributed by atoms with van der Waals surface area (Å²) in [7, 11) is 0. The molecule has 0 amide bonds. The maximum absolute atomic E-state index is 12.7. The molecule has 2 heterocycles. The molecule has 0 saturated heterocycles. The summed E-state index contributed by atoms with van der Waals surface area (Å²) in [6, 6.07) is 1.22. The maximum Gasteiger partial charge on any atom is 0.202 e. The molecule has 0 bridgehead atoms. The number of rotatable bonds is 2. The number of alkyl halides is 1. The number of nitrogens with two attached hydrogens (primary N) is 1. The number of hydrogen-bond donors (Lipinski definition) is 1. The van der Waals surface area contributed by atoms with Gasteiger partial charge in [-0.25, -0.2) is 18.7 Å². The third-order valence-electron chi connectivity index (χ3n) is 1.89. The number of halogens is 2. The van der Waals surface area contributed by atoms with Crippen LogP contribution in [-0.2, 0) is 6.54 Å². The summed E-state index contributed by atoms with van der Waals surface area (Å²) in [4.78, 5) is 7.66. The maximum atomic E-state index is 12.7. The van der Waals surface area contributed by atoms with Crippen LogP contribution in [0.1, 0.15) is 0 Å². The first kappa shape index (κ1) is 8.86. The fourth-order valence-corrected chi connectivity index (χ4v) is 1.31. The lowest BCUT2D eigenvalue weighted by Crippen LogP contribution is -2.05. The van der Waals surface area contributed by atoms with Gasteiger partial charge >= 0.3 is 0 Å². The Morgan fingerprint density at radius 3 is 3.00 bits per heavy atom. The molecule has 6 heteroatoms. The van der Waals surface area contributed by atoms with Crippen LogP contribution >= 0.6 is 0 Å². The van der Waals surface area contributed by atoms with E-state index in [9.17, 15) is 8.78 Å². The summed E-state index contributed by atoms with van der Waals surface area (Å²) in [6.45, 7) is -0.477. The van der Waals surface area contributed by atoms with Gasteiger partial charge in [-0.05, 0) is 0 Å². The third kappa shape index (κ3) is 1.28. The third-order valence-corrected chi connectivity index (χ3v) is 1.89. The number of anilines is 1. The van der Waals surface area contributed by atoms with Crippen molar-refractivity contribution < 1.29 is 8.78 Å². The zero-order valence-corrected chi connectivity index (χ0v) is 7.24. The summed E-state index contributed by atoms with van der Waals surface area (Å²) in [5.74, 6) is -0.335. The lowest BCUT2D eigenvalue weighted by Gasteiger charge is -2.00. The standard InChI is InChI=1S/C8H8F2N4/c9-1-2-14-7-6(13-8(14)11)3-5(10)4-12-7/h3-4H,1-2H2,(H2,11,13). The van der Waals surface area contributed by atoms with E-state index in [4.69, 9.17) is 5.73 Å². The number of nitrogen functional groups attached to an aromatic ring is 1. The van der Waals surface area contributed by atoms with Crippen molar-refractivity contribution in [3.63, 3.8) is 0 Å². The summed E-state index contributed by atoms with van der Waals surface area (Å²) in [5.41, 5.74) is 6.26. The minimum Gasteiger partial charge on any atom is -0.369 e. The average molecular weight is 198 g/mol. The second-order valence-corrected chi connectivity index (χ2v) is 2.81. The Balaban J connectivity index is 2.64. The normalized spacial score (nSPS) is 11.0. The topological polar surface area (TPSA) is 56.7 Å². The van der Waals surface area contributed by atoms with Gasteiger partial charge in [-0.1, -0.05) is 0 Å². The summed E-state index contributed by atoms with van der Waals surface area (Å²) in [5, 5.41) is 0. The molecule has 0 fully saturated rings. The van der Waals surface area contributed by atoms with Crippen molar-refractivity contribution in [2.45, 2.75) is 6.54 Å². The molecule has 0 spiro atoms. The van der Waals surface area contributed by atoms with Crippen molar-refractivity contribution >= 4 is 17.1 Å². The molecule has 2 rings (SSSR count). The van der Waals surface area contributed by atoms with E-state index in [2.05, 4.69) is 9.97 Å². The molecule has 0 aliphatic rings. The SMILES string of the molecule is Nc1nc2cc(F)cnc2n1CCF. The highest BCUT2D eigenvalue weighted by Gasteiger charge is 2.09. The van der Waals surface area contributed by atoms with E-state index in [1.54, 1.807) is 0 Å². The fraction of sp³-hybridized carbons (Fsp3) is 0.250. The molecule has 0 radical (unpaired) electrons. The summed E-state index contributed by atoms with van der Waals surface area (Å²) in [6.07, 6.45) is 1.05. The molecule has 0 aliphatic carbocycles. The molecular weight excluding hydrogens is 190 g/mol. The van der Waals surface area contributed by atoms with Crippen molar-refractivity contribution in [3.8, 4) is 0 Å².